The first kappa shape index (κ1) is 21.9. The molecule has 0 radical (unpaired) electrons. The van der Waals surface area contributed by atoms with Crippen LogP contribution in [-0.4, -0.2) is 31.2 Å². The summed E-state index contributed by atoms with van der Waals surface area (Å²) in [6.07, 6.45) is 2.17. The number of sulfonamides is 1. The van der Waals surface area contributed by atoms with E-state index in [0.717, 1.165) is 12.3 Å². The zero-order valence-electron chi connectivity index (χ0n) is 16.0. The van der Waals surface area contributed by atoms with Crippen LogP contribution >= 0.6 is 11.6 Å². The van der Waals surface area contributed by atoms with E-state index in [1.54, 1.807) is 11.6 Å². The summed E-state index contributed by atoms with van der Waals surface area (Å²) < 4.78 is 49.5. The molecule has 28 heavy (non-hydrogen) atoms. The Morgan fingerprint density at radius 3 is 2.43 bits per heavy atom. The number of pyridine rings is 1. The molecule has 0 unspecified atom stereocenters. The average Bonchev–Trinajstić information content (AvgIpc) is 2.50. The molecule has 0 atom stereocenters. The summed E-state index contributed by atoms with van der Waals surface area (Å²) >= 11 is 6.15. The predicted octanol–water partition coefficient (Wildman–Crippen LogP) is 3.84. The summed E-state index contributed by atoms with van der Waals surface area (Å²) in [6, 6.07) is 3.65. The minimum atomic E-state index is -3.81. The zero-order chi connectivity index (χ0) is 21.3. The van der Waals surface area contributed by atoms with Crippen LogP contribution in [0.2, 0.25) is 5.02 Å². The van der Waals surface area contributed by atoms with Crippen LogP contribution in [0.3, 0.4) is 0 Å². The number of hydrogen-bond acceptors (Lipinski definition) is 6. The van der Waals surface area contributed by atoms with Gasteiger partial charge in [-0.15, -0.1) is 0 Å². The highest BCUT2D eigenvalue weighted by molar-refractivity contribution is 7.89. The first-order valence-corrected chi connectivity index (χ1v) is 10.4. The maximum absolute atomic E-state index is 14.3. The fourth-order valence-corrected chi connectivity index (χ4v) is 2.77. The molecule has 0 aliphatic heterocycles. The van der Waals surface area contributed by atoms with Crippen LogP contribution in [0.15, 0.2) is 24.4 Å². The topological polar surface area (TPSA) is 94.6 Å². The molecule has 0 saturated carbocycles. The highest BCUT2D eigenvalue weighted by atomic mass is 35.5. The number of ether oxygens (including phenoxy) is 2. The van der Waals surface area contributed by atoms with E-state index in [1.807, 2.05) is 20.8 Å². The van der Waals surface area contributed by atoms with Crippen LogP contribution in [0.4, 0.5) is 4.39 Å². The lowest BCUT2D eigenvalue weighted by molar-refractivity contribution is 0.0977. The number of carbonyl (C=O) groups excluding carboxylic acids is 1. The number of rotatable bonds is 5. The zero-order valence-corrected chi connectivity index (χ0v) is 17.5. The molecule has 2 rings (SSSR count). The normalized spacial score (nSPS) is 11.8. The van der Waals surface area contributed by atoms with E-state index in [9.17, 15) is 17.6 Å². The highest BCUT2D eigenvalue weighted by Gasteiger charge is 2.19. The molecule has 7 nitrogen and oxygen atoms in total. The van der Waals surface area contributed by atoms with Gasteiger partial charge in [0.1, 0.15) is 27.9 Å². The predicted molar refractivity (Wildman–Crippen MR) is 103 cm³/mol. The molecule has 0 fully saturated rings. The van der Waals surface area contributed by atoms with Gasteiger partial charge >= 0.3 is 0 Å². The van der Waals surface area contributed by atoms with Crippen molar-refractivity contribution in [3.05, 3.63) is 46.4 Å². The number of carbonyl (C=O) groups is 1. The number of nitrogens with zero attached hydrogens (tertiary/aromatic N) is 1. The van der Waals surface area contributed by atoms with Gasteiger partial charge in [-0.25, -0.2) is 22.5 Å². The summed E-state index contributed by atoms with van der Waals surface area (Å²) in [5, 5.41) is 0.217. The fraction of sp³-hybridized carbons (Fsp3) is 0.333. The molecular weight excluding hydrogens is 411 g/mol. The van der Waals surface area contributed by atoms with Gasteiger partial charge in [-0.05, 0) is 39.3 Å². The van der Waals surface area contributed by atoms with Crippen LogP contribution in [0.25, 0.3) is 0 Å². The van der Waals surface area contributed by atoms with Gasteiger partial charge in [-0.1, -0.05) is 11.6 Å². The Bertz CT molecular complexity index is 1020. The second kappa shape index (κ2) is 7.92. The van der Waals surface area contributed by atoms with Crippen molar-refractivity contribution < 1.29 is 27.1 Å². The molecule has 0 aliphatic carbocycles. The van der Waals surface area contributed by atoms with Gasteiger partial charge in [0.2, 0.25) is 15.9 Å². The third kappa shape index (κ3) is 6.07. The monoisotopic (exact) mass is 430 g/mol. The van der Waals surface area contributed by atoms with Gasteiger partial charge in [-0.3, -0.25) is 4.79 Å². The van der Waals surface area contributed by atoms with Crippen molar-refractivity contribution in [2.75, 3.05) is 6.26 Å². The van der Waals surface area contributed by atoms with Gasteiger partial charge in [0.15, 0.2) is 0 Å². The van der Waals surface area contributed by atoms with Crippen molar-refractivity contribution in [2.24, 2.45) is 0 Å². The maximum Gasteiger partial charge on any atom is 0.267 e. The molecule has 1 aromatic heterocycles. The second-order valence-electron chi connectivity index (χ2n) is 7.08. The quantitative estimate of drug-likeness (QED) is 0.774. The SMILES string of the molecule is Cc1cc(C(=O)NS(C)(=O)=O)c(F)cc1Oc1cnc(OC(C)(C)C)c(Cl)c1. The molecule has 0 aliphatic rings. The summed E-state index contributed by atoms with van der Waals surface area (Å²) in [4.78, 5) is 16.0. The van der Waals surface area contributed by atoms with Crippen molar-refractivity contribution in [2.45, 2.75) is 33.3 Å². The third-order valence-corrected chi connectivity index (χ3v) is 4.03. The smallest absolute Gasteiger partial charge is 0.267 e. The number of hydrogen-bond donors (Lipinski definition) is 1. The van der Waals surface area contributed by atoms with Crippen molar-refractivity contribution in [3.63, 3.8) is 0 Å². The first-order valence-electron chi connectivity index (χ1n) is 8.10. The Morgan fingerprint density at radius 2 is 1.89 bits per heavy atom. The molecule has 0 saturated heterocycles. The largest absolute Gasteiger partial charge is 0.471 e. The van der Waals surface area contributed by atoms with E-state index >= 15 is 0 Å². The Hall–Kier alpha value is -2.39. The van der Waals surface area contributed by atoms with Crippen LogP contribution < -0.4 is 14.2 Å². The van der Waals surface area contributed by atoms with E-state index < -0.39 is 32.9 Å². The summed E-state index contributed by atoms with van der Waals surface area (Å²) in [7, 11) is -3.81. The lowest BCUT2D eigenvalue weighted by Crippen LogP contribution is -2.30. The number of benzene rings is 1. The molecular formula is C18H20ClFN2O5S. The average molecular weight is 431 g/mol. The fourth-order valence-electron chi connectivity index (χ4n) is 2.13. The first-order chi connectivity index (χ1) is 12.7. The molecule has 2 aromatic rings. The van der Waals surface area contributed by atoms with E-state index in [1.165, 1.54) is 18.3 Å². The summed E-state index contributed by atoms with van der Waals surface area (Å²) in [5.41, 5.74) is -0.493. The molecule has 1 heterocycles. The van der Waals surface area contributed by atoms with Gasteiger partial charge in [-0.2, -0.15) is 0 Å². The molecule has 1 amide bonds. The summed E-state index contributed by atoms with van der Waals surface area (Å²) in [5.74, 6) is -1.41. The minimum absolute atomic E-state index is 0.121. The van der Waals surface area contributed by atoms with Crippen molar-refractivity contribution in [3.8, 4) is 17.4 Å². The van der Waals surface area contributed by atoms with Gasteiger partial charge in [0.05, 0.1) is 18.0 Å². The number of aryl methyl sites for hydroxylation is 1. The number of aromatic nitrogens is 1. The lowest BCUT2D eigenvalue weighted by Gasteiger charge is -2.21. The Balaban J connectivity index is 2.27. The highest BCUT2D eigenvalue weighted by Crippen LogP contribution is 2.32. The van der Waals surface area contributed by atoms with Crippen LogP contribution in [0.5, 0.6) is 17.4 Å². The van der Waals surface area contributed by atoms with Gasteiger partial charge < -0.3 is 9.47 Å². The molecule has 1 N–H and O–H groups in total. The third-order valence-electron chi connectivity index (χ3n) is 3.20. The van der Waals surface area contributed by atoms with Crippen molar-refractivity contribution in [1.82, 2.24) is 9.71 Å². The van der Waals surface area contributed by atoms with Crippen molar-refractivity contribution >= 4 is 27.5 Å². The molecule has 152 valence electrons. The van der Waals surface area contributed by atoms with E-state index in [4.69, 9.17) is 21.1 Å². The molecule has 0 spiro atoms. The van der Waals surface area contributed by atoms with Crippen LogP contribution in [0, 0.1) is 12.7 Å². The molecule has 0 bridgehead atoms. The van der Waals surface area contributed by atoms with Gasteiger partial charge in [0.25, 0.3) is 5.91 Å². The van der Waals surface area contributed by atoms with E-state index in [2.05, 4.69) is 4.98 Å². The van der Waals surface area contributed by atoms with Gasteiger partial charge in [0, 0.05) is 12.1 Å². The summed E-state index contributed by atoms with van der Waals surface area (Å²) in [6.45, 7) is 7.13. The lowest BCUT2D eigenvalue weighted by atomic mass is 10.1. The second-order valence-corrected chi connectivity index (χ2v) is 9.23. The Kier molecular flexibility index (Phi) is 6.20. The Morgan fingerprint density at radius 1 is 1.25 bits per heavy atom. The number of amides is 1. The number of nitrogens with one attached hydrogen (secondary N) is 1. The standard InChI is InChI=1S/C18H20ClFN2O5S/c1-10-6-12(16(23)22-28(5,24)25)14(20)8-15(10)26-11-7-13(19)17(21-9-11)27-18(2,3)4/h6-9H,1-5H3,(H,22,23). The van der Waals surface area contributed by atoms with E-state index in [-0.39, 0.29) is 22.4 Å². The maximum atomic E-state index is 14.3. The van der Waals surface area contributed by atoms with Crippen molar-refractivity contribution in [1.29, 1.82) is 0 Å². The Labute approximate surface area is 167 Å². The van der Waals surface area contributed by atoms with Crippen LogP contribution in [-0.2, 0) is 10.0 Å². The molecule has 10 heteroatoms. The van der Waals surface area contributed by atoms with Crippen LogP contribution in [0.1, 0.15) is 36.7 Å². The molecule has 1 aromatic carbocycles. The minimum Gasteiger partial charge on any atom is -0.471 e. The van der Waals surface area contributed by atoms with E-state index in [0.29, 0.717) is 5.56 Å². The number of halogens is 2.